The molecule has 0 aliphatic heterocycles. The summed E-state index contributed by atoms with van der Waals surface area (Å²) in [5.74, 6) is 0.612. The lowest BCUT2D eigenvalue weighted by atomic mass is 9.67. The van der Waals surface area contributed by atoms with Gasteiger partial charge in [0.2, 0.25) is 0 Å². The fraction of sp³-hybridized carbons (Fsp3) is 0.500. The van der Waals surface area contributed by atoms with Crippen molar-refractivity contribution in [2.45, 2.75) is 77.6 Å². The minimum absolute atomic E-state index is 0.0350. The van der Waals surface area contributed by atoms with E-state index in [9.17, 15) is 4.79 Å². The highest BCUT2D eigenvalue weighted by molar-refractivity contribution is 5.64. The minimum atomic E-state index is -0.0350. The van der Waals surface area contributed by atoms with Gasteiger partial charge < -0.3 is 4.79 Å². The average Bonchev–Trinajstić information content (AvgIpc) is 2.74. The maximum Gasteiger partial charge on any atom is 0.126 e. The largest absolute Gasteiger partial charge is 0.303 e. The number of aldehydes is 1. The fourth-order valence-electron chi connectivity index (χ4n) is 4.58. The standard InChI is InChI=1S/C26H34O/c1-3-5-17-26(20-27)18-15-25(16-19-26)24-13-11-23(12-14-24)22-9-7-21(6-4-2)8-10-22/h7-14,20,25H,3-6,15-19H2,1-2H3. The molecule has 2 aromatic rings. The van der Waals surface area contributed by atoms with E-state index in [1.165, 1.54) is 47.8 Å². The second-order valence-electron chi connectivity index (χ2n) is 8.43. The summed E-state index contributed by atoms with van der Waals surface area (Å²) in [5.41, 5.74) is 5.41. The molecule has 1 nitrogen and oxygen atoms in total. The second kappa shape index (κ2) is 9.35. The van der Waals surface area contributed by atoms with E-state index in [4.69, 9.17) is 0 Å². The summed E-state index contributed by atoms with van der Waals surface area (Å²) in [4.78, 5) is 11.7. The number of unbranched alkanes of at least 4 members (excludes halogenated alkanes) is 1. The van der Waals surface area contributed by atoms with Crippen LogP contribution < -0.4 is 0 Å². The summed E-state index contributed by atoms with van der Waals surface area (Å²) in [6, 6.07) is 18.1. The predicted molar refractivity (Wildman–Crippen MR) is 115 cm³/mol. The Balaban J connectivity index is 1.63. The van der Waals surface area contributed by atoms with Gasteiger partial charge in [0.05, 0.1) is 0 Å². The number of aryl methyl sites for hydroxylation is 1. The lowest BCUT2D eigenvalue weighted by molar-refractivity contribution is -0.118. The summed E-state index contributed by atoms with van der Waals surface area (Å²) < 4.78 is 0. The Morgan fingerprint density at radius 3 is 2.00 bits per heavy atom. The van der Waals surface area contributed by atoms with Crippen LogP contribution in [0, 0.1) is 5.41 Å². The molecule has 0 radical (unpaired) electrons. The van der Waals surface area contributed by atoms with Crippen LogP contribution in [0.1, 0.15) is 82.3 Å². The lowest BCUT2D eigenvalue weighted by Gasteiger charge is -2.36. The maximum absolute atomic E-state index is 11.7. The number of carbonyl (C=O) groups excluding carboxylic acids is 1. The zero-order valence-electron chi connectivity index (χ0n) is 17.0. The van der Waals surface area contributed by atoms with Crippen LogP contribution in [0.2, 0.25) is 0 Å². The molecule has 0 heterocycles. The van der Waals surface area contributed by atoms with Crippen LogP contribution in [0.5, 0.6) is 0 Å². The number of hydrogen-bond donors (Lipinski definition) is 0. The van der Waals surface area contributed by atoms with Crippen molar-refractivity contribution in [2.75, 3.05) is 0 Å². The third-order valence-corrected chi connectivity index (χ3v) is 6.47. The highest BCUT2D eigenvalue weighted by Crippen LogP contribution is 2.44. The zero-order chi connectivity index (χ0) is 19.1. The van der Waals surface area contributed by atoms with E-state index in [1.807, 2.05) is 0 Å². The van der Waals surface area contributed by atoms with Crippen molar-refractivity contribution in [1.29, 1.82) is 0 Å². The topological polar surface area (TPSA) is 17.1 Å². The van der Waals surface area contributed by atoms with Crippen LogP contribution in [0.25, 0.3) is 11.1 Å². The van der Waals surface area contributed by atoms with Crippen LogP contribution in [-0.2, 0) is 11.2 Å². The van der Waals surface area contributed by atoms with E-state index >= 15 is 0 Å². The quantitative estimate of drug-likeness (QED) is 0.449. The molecule has 3 rings (SSSR count). The van der Waals surface area contributed by atoms with E-state index in [0.29, 0.717) is 5.92 Å². The first-order valence-electron chi connectivity index (χ1n) is 10.9. The third kappa shape index (κ3) is 4.89. The Morgan fingerprint density at radius 1 is 0.889 bits per heavy atom. The van der Waals surface area contributed by atoms with Crippen molar-refractivity contribution >= 4 is 6.29 Å². The summed E-state index contributed by atoms with van der Waals surface area (Å²) >= 11 is 0. The molecule has 27 heavy (non-hydrogen) atoms. The predicted octanol–water partition coefficient (Wildman–Crippen LogP) is 7.34. The second-order valence-corrected chi connectivity index (χ2v) is 8.43. The van der Waals surface area contributed by atoms with E-state index in [1.54, 1.807) is 0 Å². The Labute approximate surface area is 165 Å². The molecule has 0 saturated heterocycles. The molecule has 0 unspecified atom stereocenters. The van der Waals surface area contributed by atoms with Crippen molar-refractivity contribution in [3.8, 4) is 11.1 Å². The molecule has 1 aliphatic carbocycles. The van der Waals surface area contributed by atoms with Gasteiger partial charge in [0.1, 0.15) is 6.29 Å². The highest BCUT2D eigenvalue weighted by atomic mass is 16.1. The van der Waals surface area contributed by atoms with Crippen molar-refractivity contribution < 1.29 is 4.79 Å². The van der Waals surface area contributed by atoms with Crippen LogP contribution in [0.15, 0.2) is 48.5 Å². The van der Waals surface area contributed by atoms with Crippen LogP contribution >= 0.6 is 0 Å². The van der Waals surface area contributed by atoms with Gasteiger partial charge in [-0.05, 0) is 66.7 Å². The van der Waals surface area contributed by atoms with E-state index in [-0.39, 0.29) is 5.41 Å². The number of hydrogen-bond acceptors (Lipinski definition) is 1. The van der Waals surface area contributed by atoms with Gasteiger partial charge in [-0.25, -0.2) is 0 Å². The molecule has 1 aliphatic rings. The molecule has 0 atom stereocenters. The maximum atomic E-state index is 11.7. The molecule has 0 N–H and O–H groups in total. The van der Waals surface area contributed by atoms with Crippen molar-refractivity contribution in [3.05, 3.63) is 59.7 Å². The highest BCUT2D eigenvalue weighted by Gasteiger charge is 2.34. The van der Waals surface area contributed by atoms with E-state index in [2.05, 4.69) is 62.4 Å². The van der Waals surface area contributed by atoms with Crippen molar-refractivity contribution in [1.82, 2.24) is 0 Å². The monoisotopic (exact) mass is 362 g/mol. The first-order valence-corrected chi connectivity index (χ1v) is 10.9. The summed E-state index contributed by atoms with van der Waals surface area (Å²) in [7, 11) is 0. The molecule has 1 saturated carbocycles. The smallest absolute Gasteiger partial charge is 0.126 e. The molecule has 144 valence electrons. The van der Waals surface area contributed by atoms with Crippen LogP contribution in [-0.4, -0.2) is 6.29 Å². The molecular formula is C26H34O. The van der Waals surface area contributed by atoms with Gasteiger partial charge in [-0.1, -0.05) is 81.6 Å². The first-order chi connectivity index (χ1) is 13.2. The van der Waals surface area contributed by atoms with E-state index in [0.717, 1.165) is 38.5 Å². The van der Waals surface area contributed by atoms with Gasteiger partial charge in [0, 0.05) is 5.41 Å². The third-order valence-electron chi connectivity index (χ3n) is 6.47. The fourth-order valence-corrected chi connectivity index (χ4v) is 4.58. The van der Waals surface area contributed by atoms with Crippen LogP contribution in [0.3, 0.4) is 0 Å². The van der Waals surface area contributed by atoms with Crippen molar-refractivity contribution in [3.63, 3.8) is 0 Å². The average molecular weight is 363 g/mol. The summed E-state index contributed by atoms with van der Waals surface area (Å²) in [6.07, 6.45) is 11.5. The molecule has 0 bridgehead atoms. The minimum Gasteiger partial charge on any atom is -0.303 e. The van der Waals surface area contributed by atoms with Gasteiger partial charge in [-0.2, -0.15) is 0 Å². The molecule has 1 fully saturated rings. The molecule has 0 amide bonds. The van der Waals surface area contributed by atoms with Crippen LogP contribution in [0.4, 0.5) is 0 Å². The van der Waals surface area contributed by atoms with Gasteiger partial charge in [-0.3, -0.25) is 0 Å². The number of carbonyl (C=O) groups is 1. The Kier molecular flexibility index (Phi) is 6.88. The SMILES string of the molecule is CCCCC1(C=O)CCC(c2ccc(-c3ccc(CCC)cc3)cc2)CC1. The van der Waals surface area contributed by atoms with Gasteiger partial charge >= 0.3 is 0 Å². The van der Waals surface area contributed by atoms with E-state index < -0.39 is 0 Å². The normalized spacial score (nSPS) is 22.5. The zero-order valence-corrected chi connectivity index (χ0v) is 17.0. The Bertz CT molecular complexity index is 703. The summed E-state index contributed by atoms with van der Waals surface area (Å²) in [6.45, 7) is 4.43. The Morgan fingerprint density at radius 2 is 1.48 bits per heavy atom. The van der Waals surface area contributed by atoms with Gasteiger partial charge in [0.15, 0.2) is 0 Å². The molecule has 2 aromatic carbocycles. The number of rotatable bonds is 8. The van der Waals surface area contributed by atoms with Gasteiger partial charge in [0.25, 0.3) is 0 Å². The number of benzene rings is 2. The molecular weight excluding hydrogens is 328 g/mol. The Hall–Kier alpha value is -1.89. The lowest BCUT2D eigenvalue weighted by Crippen LogP contribution is -2.28. The van der Waals surface area contributed by atoms with Crippen molar-refractivity contribution in [2.24, 2.45) is 5.41 Å². The molecule has 1 heteroatoms. The molecule has 0 spiro atoms. The molecule has 0 aromatic heterocycles. The van der Waals surface area contributed by atoms with Gasteiger partial charge in [-0.15, -0.1) is 0 Å². The summed E-state index contributed by atoms with van der Waals surface area (Å²) in [5, 5.41) is 0. The first kappa shape index (κ1) is 19.9.